The molecule has 2 heterocycles. The first-order chi connectivity index (χ1) is 7.31. The van der Waals surface area contributed by atoms with E-state index in [1.807, 2.05) is 0 Å². The number of aliphatic hydroxyl groups excluding tert-OH is 1. The molecule has 3 heteroatoms. The van der Waals surface area contributed by atoms with Gasteiger partial charge in [0, 0.05) is 25.2 Å². The third-order valence-electron chi connectivity index (χ3n) is 3.99. The second kappa shape index (κ2) is 5.28. The zero-order valence-corrected chi connectivity index (χ0v) is 9.86. The van der Waals surface area contributed by atoms with Gasteiger partial charge >= 0.3 is 0 Å². The molecule has 2 rings (SSSR count). The smallest absolute Gasteiger partial charge is 0.0558 e. The fourth-order valence-corrected chi connectivity index (χ4v) is 3.09. The lowest BCUT2D eigenvalue weighted by Crippen LogP contribution is -2.46. The predicted octanol–water partition coefficient (Wildman–Crippen LogP) is 0.927. The second-order valence-electron chi connectivity index (χ2n) is 5.05. The van der Waals surface area contributed by atoms with Crippen LogP contribution in [-0.2, 0) is 0 Å². The first-order valence-corrected chi connectivity index (χ1v) is 6.40. The van der Waals surface area contributed by atoms with E-state index in [1.54, 1.807) is 0 Å². The SMILES string of the molecule is CC1CCCCN1C1CCN(CCO)C1. The summed E-state index contributed by atoms with van der Waals surface area (Å²) in [5.74, 6) is 0. The zero-order valence-electron chi connectivity index (χ0n) is 9.86. The number of hydrogen-bond donors (Lipinski definition) is 1. The average Bonchev–Trinajstić information content (AvgIpc) is 2.68. The molecule has 1 N–H and O–H groups in total. The molecule has 0 aromatic carbocycles. The Morgan fingerprint density at radius 3 is 2.80 bits per heavy atom. The Balaban J connectivity index is 1.83. The van der Waals surface area contributed by atoms with Crippen LogP contribution in [0.15, 0.2) is 0 Å². The van der Waals surface area contributed by atoms with Crippen molar-refractivity contribution in [2.24, 2.45) is 0 Å². The molecule has 0 aromatic rings. The minimum absolute atomic E-state index is 0.308. The van der Waals surface area contributed by atoms with E-state index in [2.05, 4.69) is 16.7 Å². The zero-order chi connectivity index (χ0) is 10.7. The molecule has 88 valence electrons. The standard InChI is InChI=1S/C12H24N2O/c1-11-4-2-3-6-14(11)12-5-7-13(10-12)8-9-15/h11-12,15H,2-10H2,1H3. The quantitative estimate of drug-likeness (QED) is 0.754. The summed E-state index contributed by atoms with van der Waals surface area (Å²) in [5, 5.41) is 8.92. The van der Waals surface area contributed by atoms with Gasteiger partial charge < -0.3 is 5.11 Å². The molecule has 2 aliphatic heterocycles. The number of nitrogens with zero attached hydrogens (tertiary/aromatic N) is 2. The van der Waals surface area contributed by atoms with Crippen molar-refractivity contribution in [3.05, 3.63) is 0 Å². The van der Waals surface area contributed by atoms with Crippen molar-refractivity contribution in [2.45, 2.75) is 44.7 Å². The van der Waals surface area contributed by atoms with Gasteiger partial charge in [-0.15, -0.1) is 0 Å². The maximum atomic E-state index is 8.92. The molecule has 2 saturated heterocycles. The predicted molar refractivity (Wildman–Crippen MR) is 61.9 cm³/mol. The van der Waals surface area contributed by atoms with Gasteiger partial charge in [-0.2, -0.15) is 0 Å². The van der Waals surface area contributed by atoms with Crippen molar-refractivity contribution in [3.63, 3.8) is 0 Å². The molecular formula is C12H24N2O. The first kappa shape index (κ1) is 11.4. The summed E-state index contributed by atoms with van der Waals surface area (Å²) in [6.07, 6.45) is 5.45. The number of hydrogen-bond acceptors (Lipinski definition) is 3. The minimum Gasteiger partial charge on any atom is -0.395 e. The number of likely N-dealkylation sites (tertiary alicyclic amines) is 2. The summed E-state index contributed by atoms with van der Waals surface area (Å²) in [5.41, 5.74) is 0. The lowest BCUT2D eigenvalue weighted by atomic mass is 10.0. The van der Waals surface area contributed by atoms with E-state index in [0.29, 0.717) is 6.61 Å². The van der Waals surface area contributed by atoms with Gasteiger partial charge in [-0.1, -0.05) is 6.42 Å². The van der Waals surface area contributed by atoms with Crippen molar-refractivity contribution in [1.82, 2.24) is 9.80 Å². The van der Waals surface area contributed by atoms with Crippen LogP contribution < -0.4 is 0 Å². The van der Waals surface area contributed by atoms with Crippen LogP contribution >= 0.6 is 0 Å². The number of β-amino-alcohol motifs (C(OH)–C–C–N with tert-alkyl or cyclic N) is 1. The number of rotatable bonds is 3. The molecule has 0 bridgehead atoms. The van der Waals surface area contributed by atoms with Crippen molar-refractivity contribution in [2.75, 3.05) is 32.8 Å². The third-order valence-corrected chi connectivity index (χ3v) is 3.99. The van der Waals surface area contributed by atoms with E-state index >= 15 is 0 Å². The molecule has 2 aliphatic rings. The van der Waals surface area contributed by atoms with E-state index in [4.69, 9.17) is 5.11 Å². The van der Waals surface area contributed by atoms with Crippen LogP contribution in [0.3, 0.4) is 0 Å². The number of piperidine rings is 1. The van der Waals surface area contributed by atoms with E-state index in [9.17, 15) is 0 Å². The normalized spacial score (nSPS) is 34.8. The Morgan fingerprint density at radius 1 is 1.20 bits per heavy atom. The fourth-order valence-electron chi connectivity index (χ4n) is 3.09. The van der Waals surface area contributed by atoms with Crippen LogP contribution in [0.1, 0.15) is 32.6 Å². The van der Waals surface area contributed by atoms with Crippen molar-refractivity contribution >= 4 is 0 Å². The van der Waals surface area contributed by atoms with E-state index in [1.165, 1.54) is 45.3 Å². The van der Waals surface area contributed by atoms with Gasteiger partial charge in [0.05, 0.1) is 6.61 Å². The largest absolute Gasteiger partial charge is 0.395 e. The molecule has 15 heavy (non-hydrogen) atoms. The van der Waals surface area contributed by atoms with Crippen LogP contribution in [0.2, 0.25) is 0 Å². The van der Waals surface area contributed by atoms with Gasteiger partial charge in [-0.05, 0) is 39.3 Å². The summed E-state index contributed by atoms with van der Waals surface area (Å²) in [7, 11) is 0. The molecule has 0 aromatic heterocycles. The highest BCUT2D eigenvalue weighted by molar-refractivity contribution is 4.87. The monoisotopic (exact) mass is 212 g/mol. The van der Waals surface area contributed by atoms with E-state index in [0.717, 1.165) is 18.6 Å². The first-order valence-electron chi connectivity index (χ1n) is 6.40. The van der Waals surface area contributed by atoms with Crippen molar-refractivity contribution < 1.29 is 5.11 Å². The van der Waals surface area contributed by atoms with Crippen molar-refractivity contribution in [3.8, 4) is 0 Å². The highest BCUT2D eigenvalue weighted by Gasteiger charge is 2.31. The summed E-state index contributed by atoms with van der Waals surface area (Å²) in [4.78, 5) is 5.09. The maximum absolute atomic E-state index is 8.92. The molecular weight excluding hydrogens is 188 g/mol. The number of aliphatic hydroxyl groups is 1. The minimum atomic E-state index is 0.308. The molecule has 0 radical (unpaired) electrons. The van der Waals surface area contributed by atoms with Crippen LogP contribution in [-0.4, -0.2) is 59.8 Å². The van der Waals surface area contributed by atoms with Gasteiger partial charge in [-0.25, -0.2) is 0 Å². The van der Waals surface area contributed by atoms with Gasteiger partial charge in [0.15, 0.2) is 0 Å². The summed E-state index contributed by atoms with van der Waals surface area (Å²) in [6, 6.07) is 1.53. The lowest BCUT2D eigenvalue weighted by Gasteiger charge is -2.38. The Bertz CT molecular complexity index is 198. The second-order valence-corrected chi connectivity index (χ2v) is 5.05. The molecule has 2 unspecified atom stereocenters. The maximum Gasteiger partial charge on any atom is 0.0558 e. The van der Waals surface area contributed by atoms with E-state index < -0.39 is 0 Å². The topological polar surface area (TPSA) is 26.7 Å². The summed E-state index contributed by atoms with van der Waals surface area (Å²) in [6.45, 7) is 7.17. The Morgan fingerprint density at radius 2 is 2.07 bits per heavy atom. The van der Waals surface area contributed by atoms with Gasteiger partial charge in [-0.3, -0.25) is 9.80 Å². The van der Waals surface area contributed by atoms with Gasteiger partial charge in [0.2, 0.25) is 0 Å². The van der Waals surface area contributed by atoms with E-state index in [-0.39, 0.29) is 0 Å². The molecule has 3 nitrogen and oxygen atoms in total. The Kier molecular flexibility index (Phi) is 4.00. The average molecular weight is 212 g/mol. The summed E-state index contributed by atoms with van der Waals surface area (Å²) < 4.78 is 0. The highest BCUT2D eigenvalue weighted by atomic mass is 16.3. The summed E-state index contributed by atoms with van der Waals surface area (Å²) >= 11 is 0. The van der Waals surface area contributed by atoms with Gasteiger partial charge in [0.1, 0.15) is 0 Å². The molecule has 2 fully saturated rings. The molecule has 0 spiro atoms. The van der Waals surface area contributed by atoms with Crippen LogP contribution in [0.25, 0.3) is 0 Å². The Hall–Kier alpha value is -0.120. The molecule has 2 atom stereocenters. The van der Waals surface area contributed by atoms with Gasteiger partial charge in [0.25, 0.3) is 0 Å². The molecule has 0 aliphatic carbocycles. The molecule has 0 amide bonds. The lowest BCUT2D eigenvalue weighted by molar-refractivity contribution is 0.105. The van der Waals surface area contributed by atoms with Crippen molar-refractivity contribution in [1.29, 1.82) is 0 Å². The molecule has 0 saturated carbocycles. The highest BCUT2D eigenvalue weighted by Crippen LogP contribution is 2.24. The Labute approximate surface area is 93.1 Å². The third kappa shape index (κ3) is 2.71. The fraction of sp³-hybridized carbons (Fsp3) is 1.00. The van der Waals surface area contributed by atoms with Crippen LogP contribution in [0.4, 0.5) is 0 Å². The van der Waals surface area contributed by atoms with Crippen LogP contribution in [0.5, 0.6) is 0 Å². The van der Waals surface area contributed by atoms with Crippen LogP contribution in [0, 0.1) is 0 Å².